The molecule has 2 aromatic rings. The van der Waals surface area contributed by atoms with Crippen LogP contribution in [0, 0.1) is 9.49 Å². The Bertz CT molecular complexity index is 597. The summed E-state index contributed by atoms with van der Waals surface area (Å²) in [4.78, 5) is 4.46. The second-order valence-corrected chi connectivity index (χ2v) is 6.48. The summed E-state index contributed by atoms with van der Waals surface area (Å²) in [6, 6.07) is 5.35. The summed E-state index contributed by atoms with van der Waals surface area (Å²) >= 11 is 2.20. The molecule has 0 spiro atoms. The molecule has 1 heterocycles. The van der Waals surface area contributed by atoms with E-state index in [-0.39, 0.29) is 5.75 Å². The Kier molecular flexibility index (Phi) is 3.47. The number of benzene rings is 1. The number of nitrogens with zero attached hydrogens (tertiary/aromatic N) is 2. The molecule has 1 aliphatic rings. The normalized spacial score (nSPS) is 22.8. The molecule has 3 rings (SSSR count). The summed E-state index contributed by atoms with van der Waals surface area (Å²) in [5, 5.41) is 14.0. The van der Waals surface area contributed by atoms with Gasteiger partial charge in [-0.2, -0.15) is 4.98 Å². The molecule has 19 heavy (non-hydrogen) atoms. The average Bonchev–Trinajstić information content (AvgIpc) is 3.00. The fourth-order valence-corrected chi connectivity index (χ4v) is 3.12. The van der Waals surface area contributed by atoms with Gasteiger partial charge in [-0.25, -0.2) is 0 Å². The zero-order valence-electron chi connectivity index (χ0n) is 10.6. The number of hydrogen-bond acceptors (Lipinski definition) is 4. The van der Waals surface area contributed by atoms with Crippen LogP contribution in [0.4, 0.5) is 0 Å². The summed E-state index contributed by atoms with van der Waals surface area (Å²) in [5.41, 5.74) is 0.608. The quantitative estimate of drug-likeness (QED) is 0.814. The van der Waals surface area contributed by atoms with E-state index in [1.807, 2.05) is 12.1 Å². The van der Waals surface area contributed by atoms with Gasteiger partial charge in [-0.05, 0) is 66.0 Å². The van der Waals surface area contributed by atoms with Crippen molar-refractivity contribution >= 4 is 22.6 Å². The number of phenols is 1. The predicted octanol–water partition coefficient (Wildman–Crippen LogP) is 3.95. The number of hydrogen-bond donors (Lipinski definition) is 1. The molecule has 0 aliphatic heterocycles. The zero-order valence-corrected chi connectivity index (χ0v) is 12.8. The molecule has 0 bridgehead atoms. The second kappa shape index (κ2) is 5.11. The highest BCUT2D eigenvalue weighted by molar-refractivity contribution is 14.1. The van der Waals surface area contributed by atoms with Crippen LogP contribution in [0.3, 0.4) is 0 Å². The first kappa shape index (κ1) is 12.9. The molecule has 1 aliphatic carbocycles. The molecule has 0 amide bonds. The molecule has 5 heteroatoms. The minimum Gasteiger partial charge on any atom is -0.507 e. The molecular weight excluding hydrogens is 355 g/mol. The predicted molar refractivity (Wildman–Crippen MR) is 79.9 cm³/mol. The number of aromatic hydroxyl groups is 1. The van der Waals surface area contributed by atoms with Crippen molar-refractivity contribution in [2.75, 3.05) is 0 Å². The highest BCUT2D eigenvalue weighted by Gasteiger charge is 2.27. The van der Waals surface area contributed by atoms with E-state index < -0.39 is 0 Å². The van der Waals surface area contributed by atoms with Gasteiger partial charge in [-0.3, -0.25) is 0 Å². The summed E-state index contributed by atoms with van der Waals surface area (Å²) in [7, 11) is 0. The Hall–Kier alpha value is -1.11. The summed E-state index contributed by atoms with van der Waals surface area (Å²) < 4.78 is 6.34. The van der Waals surface area contributed by atoms with Gasteiger partial charge in [0.25, 0.3) is 5.89 Å². The van der Waals surface area contributed by atoms with Crippen molar-refractivity contribution in [3.05, 3.63) is 27.6 Å². The second-order valence-electron chi connectivity index (χ2n) is 5.23. The SMILES string of the molecule is CC1CCC(c2noc(-c3cc(I)ccc3O)n2)C1. The Morgan fingerprint density at radius 3 is 2.95 bits per heavy atom. The van der Waals surface area contributed by atoms with Gasteiger partial charge in [0.15, 0.2) is 5.82 Å². The Labute approximate surface area is 125 Å². The summed E-state index contributed by atoms with van der Waals surface area (Å²) in [5.74, 6) is 2.49. The van der Waals surface area contributed by atoms with Crippen LogP contribution in [0.25, 0.3) is 11.5 Å². The molecule has 1 fully saturated rings. The topological polar surface area (TPSA) is 59.2 Å². The number of halogens is 1. The van der Waals surface area contributed by atoms with Crippen LogP contribution in [-0.2, 0) is 0 Å². The van der Waals surface area contributed by atoms with Crippen molar-refractivity contribution in [2.24, 2.45) is 5.92 Å². The minimum atomic E-state index is 0.176. The van der Waals surface area contributed by atoms with Gasteiger partial charge in [0, 0.05) is 9.49 Å². The molecule has 0 saturated heterocycles. The third-order valence-corrected chi connectivity index (χ3v) is 4.36. The van der Waals surface area contributed by atoms with E-state index >= 15 is 0 Å². The van der Waals surface area contributed by atoms with Gasteiger partial charge in [-0.15, -0.1) is 0 Å². The Balaban J connectivity index is 1.90. The lowest BCUT2D eigenvalue weighted by atomic mass is 10.1. The maximum atomic E-state index is 9.87. The monoisotopic (exact) mass is 370 g/mol. The van der Waals surface area contributed by atoms with Crippen molar-refractivity contribution in [3.8, 4) is 17.2 Å². The van der Waals surface area contributed by atoms with Gasteiger partial charge >= 0.3 is 0 Å². The first-order chi connectivity index (χ1) is 9.13. The maximum Gasteiger partial charge on any atom is 0.261 e. The van der Waals surface area contributed by atoms with Crippen molar-refractivity contribution < 1.29 is 9.63 Å². The summed E-state index contributed by atoms with van der Waals surface area (Å²) in [6.07, 6.45) is 3.47. The number of aromatic nitrogens is 2. The van der Waals surface area contributed by atoms with Crippen molar-refractivity contribution in [1.82, 2.24) is 10.1 Å². The van der Waals surface area contributed by atoms with Crippen molar-refractivity contribution in [2.45, 2.75) is 32.1 Å². The smallest absolute Gasteiger partial charge is 0.261 e. The lowest BCUT2D eigenvalue weighted by molar-refractivity contribution is 0.410. The molecule has 1 aromatic heterocycles. The largest absolute Gasteiger partial charge is 0.507 e. The van der Waals surface area contributed by atoms with Gasteiger partial charge in [0.2, 0.25) is 0 Å². The van der Waals surface area contributed by atoms with Crippen LogP contribution in [0.1, 0.15) is 37.9 Å². The van der Waals surface area contributed by atoms with Crippen LogP contribution in [0.15, 0.2) is 22.7 Å². The van der Waals surface area contributed by atoms with E-state index in [1.165, 1.54) is 6.42 Å². The lowest BCUT2D eigenvalue weighted by Gasteiger charge is -2.02. The van der Waals surface area contributed by atoms with E-state index in [9.17, 15) is 5.11 Å². The molecule has 1 N–H and O–H groups in total. The highest BCUT2D eigenvalue weighted by Crippen LogP contribution is 2.38. The fourth-order valence-electron chi connectivity index (χ4n) is 2.63. The van der Waals surface area contributed by atoms with Gasteiger partial charge in [0.1, 0.15) is 5.75 Å². The maximum absolute atomic E-state index is 9.87. The van der Waals surface area contributed by atoms with E-state index in [4.69, 9.17) is 4.52 Å². The molecule has 2 atom stereocenters. The van der Waals surface area contributed by atoms with E-state index in [1.54, 1.807) is 6.07 Å². The van der Waals surface area contributed by atoms with Crippen molar-refractivity contribution in [3.63, 3.8) is 0 Å². The average molecular weight is 370 g/mol. The van der Waals surface area contributed by atoms with Crippen LogP contribution in [0.5, 0.6) is 5.75 Å². The molecule has 0 radical (unpaired) electrons. The zero-order chi connectivity index (χ0) is 13.4. The Morgan fingerprint density at radius 1 is 1.37 bits per heavy atom. The van der Waals surface area contributed by atoms with E-state index in [0.29, 0.717) is 17.4 Å². The molecule has 1 saturated carbocycles. The lowest BCUT2D eigenvalue weighted by Crippen LogP contribution is -1.96. The van der Waals surface area contributed by atoms with Crippen LogP contribution in [0.2, 0.25) is 0 Å². The van der Waals surface area contributed by atoms with E-state index in [2.05, 4.69) is 39.7 Å². The van der Waals surface area contributed by atoms with Crippen LogP contribution >= 0.6 is 22.6 Å². The van der Waals surface area contributed by atoms with Crippen LogP contribution < -0.4 is 0 Å². The Morgan fingerprint density at radius 2 is 2.21 bits per heavy atom. The molecule has 2 unspecified atom stereocenters. The fraction of sp³-hybridized carbons (Fsp3) is 0.429. The van der Waals surface area contributed by atoms with Crippen LogP contribution in [-0.4, -0.2) is 15.2 Å². The number of phenolic OH excluding ortho intramolecular Hbond substituents is 1. The minimum absolute atomic E-state index is 0.176. The third kappa shape index (κ3) is 2.61. The molecule has 1 aromatic carbocycles. The number of rotatable bonds is 2. The summed E-state index contributed by atoms with van der Waals surface area (Å²) in [6.45, 7) is 2.26. The molecule has 4 nitrogen and oxygen atoms in total. The molecular formula is C14H15IN2O2. The first-order valence-corrected chi connectivity index (χ1v) is 7.54. The van der Waals surface area contributed by atoms with Gasteiger partial charge < -0.3 is 9.63 Å². The van der Waals surface area contributed by atoms with Gasteiger partial charge in [-0.1, -0.05) is 12.1 Å². The first-order valence-electron chi connectivity index (χ1n) is 6.46. The standard InChI is InChI=1S/C14H15IN2O2/c1-8-2-3-9(6-8)13-16-14(19-17-13)11-7-10(15)4-5-12(11)18/h4-5,7-9,18H,2-3,6H2,1H3. The third-order valence-electron chi connectivity index (χ3n) is 3.69. The van der Waals surface area contributed by atoms with Gasteiger partial charge in [0.05, 0.1) is 5.56 Å². The van der Waals surface area contributed by atoms with E-state index in [0.717, 1.165) is 28.2 Å². The molecule has 100 valence electrons. The van der Waals surface area contributed by atoms with Crippen molar-refractivity contribution in [1.29, 1.82) is 0 Å². The highest BCUT2D eigenvalue weighted by atomic mass is 127.